The molecule has 0 aromatic carbocycles. The van der Waals surface area contributed by atoms with Gasteiger partial charge < -0.3 is 18.9 Å². The average molecular weight is 249 g/mol. The lowest BCUT2D eigenvalue weighted by Gasteiger charge is -2.06. The SMILES string of the molecule is Cn1ccn(CCNCc2ccoc2)c(=O)c1=O. The number of nitrogens with zero attached hydrogens (tertiary/aromatic N) is 2. The van der Waals surface area contributed by atoms with Crippen LogP contribution < -0.4 is 16.4 Å². The molecule has 0 aliphatic rings. The number of nitrogens with one attached hydrogen (secondary N) is 1. The third-order valence-corrected chi connectivity index (χ3v) is 2.67. The number of aryl methyl sites for hydroxylation is 1. The predicted octanol–water partition coefficient (Wildman–Crippen LogP) is -0.0702. The van der Waals surface area contributed by atoms with Crippen LogP contribution >= 0.6 is 0 Å². The highest BCUT2D eigenvalue weighted by molar-refractivity contribution is 5.04. The molecule has 0 unspecified atom stereocenters. The molecule has 0 fully saturated rings. The fourth-order valence-corrected chi connectivity index (χ4v) is 1.59. The summed E-state index contributed by atoms with van der Waals surface area (Å²) in [7, 11) is 1.56. The summed E-state index contributed by atoms with van der Waals surface area (Å²) in [5.74, 6) is 0. The summed E-state index contributed by atoms with van der Waals surface area (Å²) in [6.07, 6.45) is 6.48. The first-order valence-electron chi connectivity index (χ1n) is 5.66. The maximum absolute atomic E-state index is 11.6. The van der Waals surface area contributed by atoms with E-state index in [0.717, 1.165) is 5.56 Å². The Morgan fingerprint density at radius 2 is 2.11 bits per heavy atom. The third kappa shape index (κ3) is 2.78. The smallest absolute Gasteiger partial charge is 0.316 e. The van der Waals surface area contributed by atoms with E-state index in [1.165, 1.54) is 9.13 Å². The zero-order valence-electron chi connectivity index (χ0n) is 10.1. The third-order valence-electron chi connectivity index (χ3n) is 2.67. The molecule has 0 atom stereocenters. The fraction of sp³-hybridized carbons (Fsp3) is 0.333. The van der Waals surface area contributed by atoms with Crippen LogP contribution in [0.1, 0.15) is 5.56 Å². The van der Waals surface area contributed by atoms with Crippen LogP contribution in [0.5, 0.6) is 0 Å². The summed E-state index contributed by atoms with van der Waals surface area (Å²) in [5.41, 5.74) is 0.0452. The van der Waals surface area contributed by atoms with Gasteiger partial charge in [0.25, 0.3) is 0 Å². The lowest BCUT2D eigenvalue weighted by Crippen LogP contribution is -2.40. The number of rotatable bonds is 5. The van der Waals surface area contributed by atoms with Gasteiger partial charge in [-0.2, -0.15) is 0 Å². The first kappa shape index (κ1) is 12.4. The molecule has 0 bridgehead atoms. The molecule has 0 aliphatic carbocycles. The number of furan rings is 1. The van der Waals surface area contributed by atoms with Crippen LogP contribution in [0.25, 0.3) is 0 Å². The Labute approximate surface area is 103 Å². The highest BCUT2D eigenvalue weighted by atomic mass is 16.3. The molecule has 2 aromatic rings. The zero-order chi connectivity index (χ0) is 13.0. The van der Waals surface area contributed by atoms with E-state index < -0.39 is 11.1 Å². The van der Waals surface area contributed by atoms with Crippen molar-refractivity contribution < 1.29 is 4.42 Å². The van der Waals surface area contributed by atoms with Crippen molar-refractivity contribution in [1.29, 1.82) is 0 Å². The molecule has 2 rings (SSSR count). The van der Waals surface area contributed by atoms with Gasteiger partial charge >= 0.3 is 11.1 Å². The molecule has 18 heavy (non-hydrogen) atoms. The van der Waals surface area contributed by atoms with Gasteiger partial charge in [0.2, 0.25) is 0 Å². The highest BCUT2D eigenvalue weighted by Crippen LogP contribution is 1.97. The van der Waals surface area contributed by atoms with E-state index in [1.54, 1.807) is 32.0 Å². The molecule has 2 aromatic heterocycles. The molecule has 6 heteroatoms. The molecule has 0 radical (unpaired) electrons. The van der Waals surface area contributed by atoms with Crippen molar-refractivity contribution in [3.8, 4) is 0 Å². The van der Waals surface area contributed by atoms with E-state index in [1.807, 2.05) is 6.07 Å². The molecule has 2 heterocycles. The van der Waals surface area contributed by atoms with Crippen molar-refractivity contribution in [3.05, 3.63) is 57.3 Å². The van der Waals surface area contributed by atoms with E-state index in [-0.39, 0.29) is 0 Å². The van der Waals surface area contributed by atoms with Crippen molar-refractivity contribution in [3.63, 3.8) is 0 Å². The minimum Gasteiger partial charge on any atom is -0.472 e. The van der Waals surface area contributed by atoms with Crippen LogP contribution in [0.4, 0.5) is 0 Å². The summed E-state index contributed by atoms with van der Waals surface area (Å²) in [4.78, 5) is 23.0. The van der Waals surface area contributed by atoms with Crippen molar-refractivity contribution in [2.45, 2.75) is 13.1 Å². The quantitative estimate of drug-likeness (QED) is 0.595. The van der Waals surface area contributed by atoms with Crippen LogP contribution in [-0.2, 0) is 20.1 Å². The Morgan fingerprint density at radius 3 is 2.83 bits per heavy atom. The Bertz CT molecular complexity index is 610. The van der Waals surface area contributed by atoms with Crippen LogP contribution in [-0.4, -0.2) is 15.7 Å². The lowest BCUT2D eigenvalue weighted by molar-refractivity contribution is 0.551. The Balaban J connectivity index is 1.89. The Morgan fingerprint density at radius 1 is 1.28 bits per heavy atom. The molecule has 6 nitrogen and oxygen atoms in total. The van der Waals surface area contributed by atoms with Gasteiger partial charge in [-0.15, -0.1) is 0 Å². The van der Waals surface area contributed by atoms with Gasteiger partial charge in [0, 0.05) is 44.6 Å². The normalized spacial score (nSPS) is 10.7. The topological polar surface area (TPSA) is 69.2 Å². The summed E-state index contributed by atoms with van der Waals surface area (Å²) in [5, 5.41) is 3.17. The molecule has 1 N–H and O–H groups in total. The summed E-state index contributed by atoms with van der Waals surface area (Å²) >= 11 is 0. The molecule has 0 amide bonds. The van der Waals surface area contributed by atoms with Gasteiger partial charge in [-0.25, -0.2) is 0 Å². The Kier molecular flexibility index (Phi) is 3.78. The predicted molar refractivity (Wildman–Crippen MR) is 66.4 cm³/mol. The molecule has 0 aliphatic heterocycles. The maximum atomic E-state index is 11.6. The van der Waals surface area contributed by atoms with Gasteiger partial charge in [0.15, 0.2) is 0 Å². The van der Waals surface area contributed by atoms with Crippen LogP contribution in [0.15, 0.2) is 45.0 Å². The van der Waals surface area contributed by atoms with E-state index in [9.17, 15) is 9.59 Å². The molecule has 0 saturated carbocycles. The monoisotopic (exact) mass is 249 g/mol. The minimum atomic E-state index is -0.507. The lowest BCUT2D eigenvalue weighted by atomic mass is 10.3. The maximum Gasteiger partial charge on any atom is 0.316 e. The second-order valence-corrected chi connectivity index (χ2v) is 4.02. The number of hydrogen-bond donors (Lipinski definition) is 1. The zero-order valence-corrected chi connectivity index (χ0v) is 10.1. The summed E-state index contributed by atoms with van der Waals surface area (Å²) in [6.45, 7) is 1.75. The largest absolute Gasteiger partial charge is 0.472 e. The van der Waals surface area contributed by atoms with Gasteiger partial charge in [0.1, 0.15) is 0 Å². The van der Waals surface area contributed by atoms with Crippen molar-refractivity contribution in [1.82, 2.24) is 14.5 Å². The van der Waals surface area contributed by atoms with E-state index >= 15 is 0 Å². The molecular formula is C12H15N3O3. The Hall–Kier alpha value is -2.08. The van der Waals surface area contributed by atoms with Crippen molar-refractivity contribution in [2.75, 3.05) is 6.54 Å². The second kappa shape index (κ2) is 5.50. The van der Waals surface area contributed by atoms with E-state index in [2.05, 4.69) is 5.32 Å². The van der Waals surface area contributed by atoms with Crippen LogP contribution in [0.2, 0.25) is 0 Å². The summed E-state index contributed by atoms with van der Waals surface area (Å²) in [6, 6.07) is 1.87. The molecule has 0 spiro atoms. The van der Waals surface area contributed by atoms with Gasteiger partial charge in [-0.05, 0) is 6.07 Å². The molecular weight excluding hydrogens is 234 g/mol. The molecule has 0 saturated heterocycles. The van der Waals surface area contributed by atoms with Crippen molar-refractivity contribution >= 4 is 0 Å². The van der Waals surface area contributed by atoms with Gasteiger partial charge in [-0.1, -0.05) is 0 Å². The minimum absolute atomic E-state index is 0.465. The van der Waals surface area contributed by atoms with Gasteiger partial charge in [0.05, 0.1) is 12.5 Å². The van der Waals surface area contributed by atoms with Crippen molar-refractivity contribution in [2.24, 2.45) is 7.05 Å². The van der Waals surface area contributed by atoms with Crippen LogP contribution in [0, 0.1) is 0 Å². The standard InChI is InChI=1S/C12H15N3O3/c1-14-5-6-15(12(17)11(14)16)4-3-13-8-10-2-7-18-9-10/h2,5-7,9,13H,3-4,8H2,1H3. The fourth-order valence-electron chi connectivity index (χ4n) is 1.59. The second-order valence-electron chi connectivity index (χ2n) is 4.02. The molecule has 96 valence electrons. The van der Waals surface area contributed by atoms with Crippen LogP contribution in [0.3, 0.4) is 0 Å². The number of aromatic nitrogens is 2. The first-order valence-corrected chi connectivity index (χ1v) is 5.66. The average Bonchev–Trinajstić information content (AvgIpc) is 2.87. The first-order chi connectivity index (χ1) is 8.68. The van der Waals surface area contributed by atoms with Gasteiger partial charge in [-0.3, -0.25) is 9.59 Å². The van der Waals surface area contributed by atoms with E-state index in [0.29, 0.717) is 19.6 Å². The highest BCUT2D eigenvalue weighted by Gasteiger charge is 2.01. The summed E-state index contributed by atoms with van der Waals surface area (Å²) < 4.78 is 7.62. The number of hydrogen-bond acceptors (Lipinski definition) is 4. The van der Waals surface area contributed by atoms with E-state index in [4.69, 9.17) is 4.42 Å².